The predicted molar refractivity (Wildman–Crippen MR) is 105 cm³/mol. The van der Waals surface area contributed by atoms with Gasteiger partial charge in [-0.15, -0.1) is 0 Å². The van der Waals surface area contributed by atoms with Gasteiger partial charge >= 0.3 is 5.97 Å². The Morgan fingerprint density at radius 3 is 1.88 bits per heavy atom. The summed E-state index contributed by atoms with van der Waals surface area (Å²) < 4.78 is 0. The molecule has 0 bridgehead atoms. The largest absolute Gasteiger partial charge is 0.508 e. The second-order valence-electron chi connectivity index (χ2n) is 6.73. The van der Waals surface area contributed by atoms with Gasteiger partial charge in [0.15, 0.2) is 0 Å². The van der Waals surface area contributed by atoms with Gasteiger partial charge in [-0.25, -0.2) is 4.79 Å². The lowest BCUT2D eigenvalue weighted by Gasteiger charge is -2.16. The van der Waals surface area contributed by atoms with E-state index in [9.17, 15) is 9.90 Å². The zero-order valence-corrected chi connectivity index (χ0v) is 14.8. The fraction of sp³-hybridized carbons (Fsp3) is 0.261. The van der Waals surface area contributed by atoms with Crippen LogP contribution in [0.15, 0.2) is 60.2 Å². The first kappa shape index (κ1) is 18.0. The van der Waals surface area contributed by atoms with Gasteiger partial charge in [0.05, 0.1) is 0 Å². The van der Waals surface area contributed by atoms with Crippen molar-refractivity contribution in [3.05, 3.63) is 76.9 Å². The summed E-state index contributed by atoms with van der Waals surface area (Å²) >= 11 is 0. The van der Waals surface area contributed by atoms with E-state index in [0.29, 0.717) is 0 Å². The van der Waals surface area contributed by atoms with Crippen molar-refractivity contribution < 1.29 is 15.0 Å². The van der Waals surface area contributed by atoms with Crippen LogP contribution in [0, 0.1) is 0 Å². The number of aliphatic carboxylic acids is 1. The van der Waals surface area contributed by atoms with Crippen LogP contribution in [0.5, 0.6) is 5.75 Å². The maximum Gasteiger partial charge on any atom is 0.328 e. The summed E-state index contributed by atoms with van der Waals surface area (Å²) in [5.41, 5.74) is 5.85. The minimum absolute atomic E-state index is 0.271. The van der Waals surface area contributed by atoms with Crippen LogP contribution < -0.4 is 0 Å². The Morgan fingerprint density at radius 1 is 0.808 bits per heavy atom. The summed E-state index contributed by atoms with van der Waals surface area (Å²) in [7, 11) is 0. The number of allylic oxidation sites excluding steroid dienone is 1. The van der Waals surface area contributed by atoms with E-state index in [1.807, 2.05) is 24.3 Å². The number of phenols is 1. The minimum Gasteiger partial charge on any atom is -0.508 e. The number of aromatic hydroxyl groups is 1. The molecule has 0 spiro atoms. The summed E-state index contributed by atoms with van der Waals surface area (Å²) in [6.45, 7) is 0. The Morgan fingerprint density at radius 2 is 1.35 bits per heavy atom. The molecule has 0 unspecified atom stereocenters. The lowest BCUT2D eigenvalue weighted by atomic mass is 9.89. The Labute approximate surface area is 154 Å². The van der Waals surface area contributed by atoms with Crippen LogP contribution in [0.4, 0.5) is 0 Å². The highest BCUT2D eigenvalue weighted by molar-refractivity contribution is 5.86. The molecule has 1 fully saturated rings. The number of hydrogen-bond donors (Lipinski definition) is 2. The third-order valence-electron chi connectivity index (χ3n) is 4.83. The van der Waals surface area contributed by atoms with Crippen LogP contribution in [0.3, 0.4) is 0 Å². The fourth-order valence-corrected chi connectivity index (χ4v) is 3.54. The van der Waals surface area contributed by atoms with Gasteiger partial charge in [-0.1, -0.05) is 54.8 Å². The molecule has 1 saturated carbocycles. The van der Waals surface area contributed by atoms with Crippen molar-refractivity contribution in [2.45, 2.75) is 38.5 Å². The number of phenolic OH excluding ortho intramolecular Hbond substituents is 1. The molecule has 0 radical (unpaired) electrons. The lowest BCUT2D eigenvalue weighted by Crippen LogP contribution is -1.95. The average Bonchev–Trinajstić information content (AvgIpc) is 2.92. The van der Waals surface area contributed by atoms with E-state index in [1.165, 1.54) is 36.8 Å². The lowest BCUT2D eigenvalue weighted by molar-refractivity contribution is -0.131. The van der Waals surface area contributed by atoms with Gasteiger partial charge in [0.2, 0.25) is 0 Å². The molecule has 134 valence electrons. The Bertz CT molecular complexity index is 802. The first-order chi connectivity index (χ1) is 12.6. The highest BCUT2D eigenvalue weighted by Gasteiger charge is 2.14. The highest BCUT2D eigenvalue weighted by Crippen LogP contribution is 2.35. The predicted octanol–water partition coefficient (Wildman–Crippen LogP) is 5.65. The van der Waals surface area contributed by atoms with Crippen LogP contribution in [0.2, 0.25) is 0 Å². The molecule has 1 aliphatic rings. The van der Waals surface area contributed by atoms with Crippen molar-refractivity contribution in [1.82, 2.24) is 0 Å². The van der Waals surface area contributed by atoms with E-state index in [4.69, 9.17) is 5.11 Å². The maximum absolute atomic E-state index is 10.7. The van der Waals surface area contributed by atoms with Crippen LogP contribution in [0.1, 0.15) is 55.2 Å². The van der Waals surface area contributed by atoms with Crippen molar-refractivity contribution in [1.29, 1.82) is 0 Å². The minimum atomic E-state index is -0.945. The standard InChI is InChI=1S/C23H24O3/c24-21-14-12-20(13-15-21)23(18-5-3-1-2-4-6-18)19-10-7-17(8-11-19)9-16-22(25)26/h7-16,24H,1-6H2,(H,25,26)/b16-9+. The van der Waals surface area contributed by atoms with Crippen molar-refractivity contribution in [3.63, 3.8) is 0 Å². The quantitative estimate of drug-likeness (QED) is 0.555. The van der Waals surface area contributed by atoms with E-state index in [0.717, 1.165) is 35.6 Å². The third kappa shape index (κ3) is 4.63. The zero-order valence-electron chi connectivity index (χ0n) is 14.8. The monoisotopic (exact) mass is 348 g/mol. The first-order valence-corrected chi connectivity index (χ1v) is 9.16. The summed E-state index contributed by atoms with van der Waals surface area (Å²) in [5.74, 6) is -0.674. The molecule has 0 amide bonds. The van der Waals surface area contributed by atoms with Gasteiger partial charge in [-0.3, -0.25) is 0 Å². The van der Waals surface area contributed by atoms with Crippen LogP contribution in [-0.2, 0) is 4.79 Å². The molecule has 0 saturated heterocycles. The smallest absolute Gasteiger partial charge is 0.328 e. The summed E-state index contributed by atoms with van der Waals surface area (Å²) in [6.07, 6.45) is 9.97. The van der Waals surface area contributed by atoms with Gasteiger partial charge in [0, 0.05) is 6.08 Å². The second-order valence-corrected chi connectivity index (χ2v) is 6.73. The number of benzene rings is 2. The molecule has 0 aliphatic heterocycles. The average molecular weight is 348 g/mol. The van der Waals surface area contributed by atoms with E-state index >= 15 is 0 Å². The number of carboxylic acids is 1. The van der Waals surface area contributed by atoms with Crippen LogP contribution in [0.25, 0.3) is 11.6 Å². The maximum atomic E-state index is 10.7. The summed E-state index contributed by atoms with van der Waals surface area (Å²) in [4.78, 5) is 10.7. The molecule has 26 heavy (non-hydrogen) atoms. The number of carbonyl (C=O) groups is 1. The molecule has 3 nitrogen and oxygen atoms in total. The topological polar surface area (TPSA) is 57.5 Å². The van der Waals surface area contributed by atoms with Crippen molar-refractivity contribution >= 4 is 17.6 Å². The molecular formula is C23H24O3. The van der Waals surface area contributed by atoms with Gasteiger partial charge in [-0.05, 0) is 66.2 Å². The molecule has 1 aliphatic carbocycles. The van der Waals surface area contributed by atoms with Crippen molar-refractivity contribution in [2.75, 3.05) is 0 Å². The van der Waals surface area contributed by atoms with Crippen molar-refractivity contribution in [3.8, 4) is 5.75 Å². The molecule has 0 heterocycles. The SMILES string of the molecule is O=C(O)/C=C/c1ccc(C(=C2CCCCCC2)c2ccc(O)cc2)cc1. The molecule has 3 heteroatoms. The fourth-order valence-electron chi connectivity index (χ4n) is 3.54. The van der Waals surface area contributed by atoms with E-state index in [2.05, 4.69) is 12.1 Å². The van der Waals surface area contributed by atoms with E-state index in [1.54, 1.807) is 18.2 Å². The molecule has 0 aromatic heterocycles. The molecule has 2 aromatic rings. The summed E-state index contributed by atoms with van der Waals surface area (Å²) in [5, 5.41) is 18.4. The molecule has 3 rings (SSSR count). The van der Waals surface area contributed by atoms with Crippen LogP contribution in [-0.4, -0.2) is 16.2 Å². The second kappa shape index (κ2) is 8.52. The van der Waals surface area contributed by atoms with Gasteiger partial charge in [0.25, 0.3) is 0 Å². The van der Waals surface area contributed by atoms with Gasteiger partial charge in [-0.2, -0.15) is 0 Å². The van der Waals surface area contributed by atoms with Crippen LogP contribution >= 0.6 is 0 Å². The number of hydrogen-bond acceptors (Lipinski definition) is 2. The molecule has 2 N–H and O–H groups in total. The normalized spacial score (nSPS) is 15.0. The molecular weight excluding hydrogens is 324 g/mol. The van der Waals surface area contributed by atoms with Crippen molar-refractivity contribution in [2.24, 2.45) is 0 Å². The third-order valence-corrected chi connectivity index (χ3v) is 4.83. The van der Waals surface area contributed by atoms with Gasteiger partial charge < -0.3 is 10.2 Å². The molecule has 0 atom stereocenters. The number of rotatable bonds is 4. The summed E-state index contributed by atoms with van der Waals surface area (Å²) in [6, 6.07) is 15.4. The Hall–Kier alpha value is -2.81. The van der Waals surface area contributed by atoms with E-state index in [-0.39, 0.29) is 5.75 Å². The Kier molecular flexibility index (Phi) is 5.90. The van der Waals surface area contributed by atoms with Gasteiger partial charge in [0.1, 0.15) is 5.75 Å². The molecule has 2 aromatic carbocycles. The first-order valence-electron chi connectivity index (χ1n) is 9.16. The van der Waals surface area contributed by atoms with E-state index < -0.39 is 5.97 Å². The highest BCUT2D eigenvalue weighted by atomic mass is 16.4. The zero-order chi connectivity index (χ0) is 18.4. The Balaban J connectivity index is 2.01. The number of carboxylic acid groups (broad SMARTS) is 1.